The summed E-state index contributed by atoms with van der Waals surface area (Å²) in [5, 5.41) is 6.03. The van der Waals surface area contributed by atoms with Gasteiger partial charge in [-0.15, -0.1) is 0 Å². The molecule has 1 fully saturated rings. The Bertz CT molecular complexity index is 847. The molecule has 2 aromatic rings. The minimum atomic E-state index is -0.230. The van der Waals surface area contributed by atoms with Crippen molar-refractivity contribution < 1.29 is 9.59 Å². The van der Waals surface area contributed by atoms with Crippen LogP contribution >= 0.6 is 0 Å². The minimum absolute atomic E-state index is 0.00390. The summed E-state index contributed by atoms with van der Waals surface area (Å²) in [6, 6.07) is 15.0. The summed E-state index contributed by atoms with van der Waals surface area (Å²) in [5.41, 5.74) is 3.53. The van der Waals surface area contributed by atoms with Gasteiger partial charge in [-0.05, 0) is 42.8 Å². The third-order valence-electron chi connectivity index (χ3n) is 5.06. The summed E-state index contributed by atoms with van der Waals surface area (Å²) in [6.07, 6.45) is 0.613. The maximum absolute atomic E-state index is 12.6. The number of carbonyl (C=O) groups is 2. The van der Waals surface area contributed by atoms with Crippen LogP contribution in [0.4, 0.5) is 17.1 Å². The van der Waals surface area contributed by atoms with Gasteiger partial charge in [0.15, 0.2) is 0 Å². The van der Waals surface area contributed by atoms with Crippen LogP contribution in [0.2, 0.25) is 0 Å². The van der Waals surface area contributed by atoms with Gasteiger partial charge in [0.05, 0.1) is 11.4 Å². The Morgan fingerprint density at radius 1 is 1.15 bits per heavy atom. The van der Waals surface area contributed by atoms with Crippen LogP contribution in [0.15, 0.2) is 48.5 Å². The van der Waals surface area contributed by atoms with E-state index in [0.29, 0.717) is 18.5 Å². The van der Waals surface area contributed by atoms with Gasteiger partial charge < -0.3 is 20.4 Å². The number of carbonyl (C=O) groups excluding carboxylic acids is 2. The maximum Gasteiger partial charge on any atom is 0.251 e. The summed E-state index contributed by atoms with van der Waals surface area (Å²) in [4.78, 5) is 29.0. The lowest BCUT2D eigenvalue weighted by Gasteiger charge is -2.32. The van der Waals surface area contributed by atoms with E-state index in [1.807, 2.05) is 67.5 Å². The van der Waals surface area contributed by atoms with E-state index >= 15 is 0 Å². The second kappa shape index (κ2) is 6.37. The molecule has 0 radical (unpaired) electrons. The Kier molecular flexibility index (Phi) is 4.03. The van der Waals surface area contributed by atoms with Crippen molar-refractivity contribution in [3.63, 3.8) is 0 Å². The number of hydrogen-bond acceptors (Lipinski definition) is 4. The van der Waals surface area contributed by atoms with Crippen LogP contribution in [0.5, 0.6) is 0 Å². The van der Waals surface area contributed by atoms with Gasteiger partial charge in [-0.25, -0.2) is 0 Å². The van der Waals surface area contributed by atoms with Crippen LogP contribution in [0, 0.1) is 0 Å². The number of amides is 2. The fourth-order valence-corrected chi connectivity index (χ4v) is 3.68. The van der Waals surface area contributed by atoms with Gasteiger partial charge in [-0.1, -0.05) is 12.1 Å². The highest BCUT2D eigenvalue weighted by molar-refractivity contribution is 6.04. The molecule has 2 unspecified atom stereocenters. The van der Waals surface area contributed by atoms with Crippen LogP contribution in [0.1, 0.15) is 16.8 Å². The normalized spacial score (nSPS) is 20.8. The molecular formula is C20H22N4O2. The van der Waals surface area contributed by atoms with Crippen molar-refractivity contribution in [3.05, 3.63) is 54.1 Å². The number of rotatable bonds is 3. The highest BCUT2D eigenvalue weighted by Gasteiger charge is 2.41. The van der Waals surface area contributed by atoms with Crippen LogP contribution in [-0.2, 0) is 4.79 Å². The Labute approximate surface area is 152 Å². The molecule has 134 valence electrons. The molecule has 26 heavy (non-hydrogen) atoms. The summed E-state index contributed by atoms with van der Waals surface area (Å²) in [7, 11) is 3.93. The Morgan fingerprint density at radius 2 is 1.88 bits per heavy atom. The summed E-state index contributed by atoms with van der Waals surface area (Å²) < 4.78 is 0. The van der Waals surface area contributed by atoms with Crippen LogP contribution in [0.25, 0.3) is 0 Å². The number of para-hydroxylation sites is 2. The number of hydrogen-bond donors (Lipinski definition) is 2. The van der Waals surface area contributed by atoms with E-state index in [9.17, 15) is 9.59 Å². The lowest BCUT2D eigenvalue weighted by Crippen LogP contribution is -2.44. The van der Waals surface area contributed by atoms with Crippen LogP contribution in [0.3, 0.4) is 0 Å². The maximum atomic E-state index is 12.6. The second-order valence-electron chi connectivity index (χ2n) is 7.02. The Hall–Kier alpha value is -3.02. The molecule has 2 aliphatic heterocycles. The smallest absolute Gasteiger partial charge is 0.251 e. The number of anilines is 3. The molecule has 1 saturated heterocycles. The second-order valence-corrected chi connectivity index (χ2v) is 7.02. The third kappa shape index (κ3) is 2.87. The first-order chi connectivity index (χ1) is 12.5. The highest BCUT2D eigenvalue weighted by Crippen LogP contribution is 2.36. The standard InChI is InChI=1S/C20H22N4O2/c1-23(2)15-9-7-13(8-10-15)19(25)21-14-11-18-20(26)22-16-5-3-4-6-17(16)24(18)12-14/h3-10,14,18H,11-12H2,1-2H3,(H,21,25)(H,22,26). The summed E-state index contributed by atoms with van der Waals surface area (Å²) >= 11 is 0. The number of fused-ring (bicyclic) bond motifs is 3. The zero-order valence-electron chi connectivity index (χ0n) is 14.9. The summed E-state index contributed by atoms with van der Waals surface area (Å²) in [6.45, 7) is 0.636. The van der Waals surface area contributed by atoms with Crippen molar-refractivity contribution in [3.8, 4) is 0 Å². The van der Waals surface area contributed by atoms with E-state index in [1.165, 1.54) is 0 Å². The molecule has 2 amide bonds. The van der Waals surface area contributed by atoms with Crippen molar-refractivity contribution >= 4 is 28.9 Å². The number of nitrogens with one attached hydrogen (secondary N) is 2. The van der Waals surface area contributed by atoms with Crippen molar-refractivity contribution in [2.45, 2.75) is 18.5 Å². The molecule has 2 atom stereocenters. The predicted molar refractivity (Wildman–Crippen MR) is 103 cm³/mol. The molecule has 4 rings (SSSR count). The van der Waals surface area contributed by atoms with E-state index in [2.05, 4.69) is 15.5 Å². The quantitative estimate of drug-likeness (QED) is 0.890. The van der Waals surface area contributed by atoms with E-state index in [4.69, 9.17) is 0 Å². The van der Waals surface area contributed by atoms with E-state index in [1.54, 1.807) is 0 Å². The SMILES string of the molecule is CN(C)c1ccc(C(=O)NC2CC3C(=O)Nc4ccccc4N3C2)cc1. The molecule has 0 bridgehead atoms. The largest absolute Gasteiger partial charge is 0.378 e. The lowest BCUT2D eigenvalue weighted by atomic mass is 10.1. The molecule has 6 nitrogen and oxygen atoms in total. The molecule has 0 spiro atoms. The summed E-state index contributed by atoms with van der Waals surface area (Å²) in [5.74, 6) is -0.107. The first kappa shape index (κ1) is 16.4. The van der Waals surface area contributed by atoms with Gasteiger partial charge in [0.25, 0.3) is 5.91 Å². The fraction of sp³-hybridized carbons (Fsp3) is 0.300. The zero-order chi connectivity index (χ0) is 18.3. The first-order valence-corrected chi connectivity index (χ1v) is 8.78. The molecule has 2 aromatic carbocycles. The van der Waals surface area contributed by atoms with Gasteiger partial charge in [-0.2, -0.15) is 0 Å². The minimum Gasteiger partial charge on any atom is -0.378 e. The van der Waals surface area contributed by atoms with Gasteiger partial charge in [0.1, 0.15) is 6.04 Å². The van der Waals surface area contributed by atoms with Crippen molar-refractivity contribution in [2.24, 2.45) is 0 Å². The zero-order valence-corrected chi connectivity index (χ0v) is 14.9. The molecule has 2 heterocycles. The third-order valence-corrected chi connectivity index (χ3v) is 5.06. The lowest BCUT2D eigenvalue weighted by molar-refractivity contribution is -0.117. The predicted octanol–water partition coefficient (Wildman–Crippen LogP) is 2.08. The van der Waals surface area contributed by atoms with E-state index < -0.39 is 0 Å². The van der Waals surface area contributed by atoms with Gasteiger partial charge in [0.2, 0.25) is 5.91 Å². The molecule has 6 heteroatoms. The fourth-order valence-electron chi connectivity index (χ4n) is 3.68. The van der Waals surface area contributed by atoms with Gasteiger partial charge in [-0.3, -0.25) is 9.59 Å². The number of benzene rings is 2. The average molecular weight is 350 g/mol. The van der Waals surface area contributed by atoms with Crippen LogP contribution < -0.4 is 20.4 Å². The molecule has 0 saturated carbocycles. The first-order valence-electron chi connectivity index (χ1n) is 8.78. The topological polar surface area (TPSA) is 64.7 Å². The molecular weight excluding hydrogens is 328 g/mol. The molecule has 0 aromatic heterocycles. The van der Waals surface area contributed by atoms with Crippen molar-refractivity contribution in [1.82, 2.24) is 5.32 Å². The van der Waals surface area contributed by atoms with Crippen LogP contribution in [-0.4, -0.2) is 44.5 Å². The Morgan fingerprint density at radius 3 is 2.62 bits per heavy atom. The van der Waals surface area contributed by atoms with Crippen molar-refractivity contribution in [2.75, 3.05) is 35.8 Å². The average Bonchev–Trinajstić information content (AvgIpc) is 3.06. The molecule has 0 aliphatic carbocycles. The number of nitrogens with zero attached hydrogens (tertiary/aromatic N) is 2. The van der Waals surface area contributed by atoms with E-state index in [-0.39, 0.29) is 23.9 Å². The Balaban J connectivity index is 1.47. The molecule has 2 aliphatic rings. The highest BCUT2D eigenvalue weighted by atomic mass is 16.2. The van der Waals surface area contributed by atoms with Crippen molar-refractivity contribution in [1.29, 1.82) is 0 Å². The van der Waals surface area contributed by atoms with Gasteiger partial charge in [0, 0.05) is 37.9 Å². The van der Waals surface area contributed by atoms with E-state index in [0.717, 1.165) is 17.1 Å². The van der Waals surface area contributed by atoms with Gasteiger partial charge >= 0.3 is 0 Å². The molecule has 2 N–H and O–H groups in total. The monoisotopic (exact) mass is 350 g/mol.